The van der Waals surface area contributed by atoms with Crippen molar-refractivity contribution >= 4 is 43.5 Å². The van der Waals surface area contributed by atoms with Gasteiger partial charge in [0.25, 0.3) is 0 Å². The van der Waals surface area contributed by atoms with E-state index >= 15 is 0 Å². The topological polar surface area (TPSA) is 51.6 Å². The van der Waals surface area contributed by atoms with E-state index < -0.39 is 0 Å². The van der Waals surface area contributed by atoms with Crippen molar-refractivity contribution in [2.24, 2.45) is 0 Å². The summed E-state index contributed by atoms with van der Waals surface area (Å²) in [6, 6.07) is 63.2. The molecule has 52 heavy (non-hydrogen) atoms. The Hall–Kier alpha value is -7.04. The molecule has 0 spiro atoms. The summed E-state index contributed by atoms with van der Waals surface area (Å²) in [6.07, 6.45) is 0. The second-order valence-electron chi connectivity index (χ2n) is 13.0. The average molecular weight is 663 g/mol. The summed E-state index contributed by atoms with van der Waals surface area (Å²) in [7, 11) is 0. The molecule has 0 amide bonds. The van der Waals surface area contributed by atoms with Crippen LogP contribution in [0.3, 0.4) is 0 Å². The van der Waals surface area contributed by atoms with E-state index in [9.17, 15) is 0 Å². The minimum absolute atomic E-state index is 0.706. The highest BCUT2D eigenvalue weighted by atomic mass is 14.9. The highest BCUT2D eigenvalue weighted by Gasteiger charge is 2.17. The van der Waals surface area contributed by atoms with Crippen molar-refractivity contribution in [1.82, 2.24) is 19.9 Å². The van der Waals surface area contributed by atoms with E-state index in [-0.39, 0.29) is 0 Å². The van der Waals surface area contributed by atoms with Crippen molar-refractivity contribution in [3.8, 4) is 56.3 Å². The zero-order valence-electron chi connectivity index (χ0n) is 28.1. The fourth-order valence-corrected chi connectivity index (χ4v) is 7.36. The van der Waals surface area contributed by atoms with Gasteiger partial charge in [-0.05, 0) is 28.5 Å². The van der Waals surface area contributed by atoms with Gasteiger partial charge in [-0.2, -0.15) is 0 Å². The molecule has 0 aliphatic heterocycles. The van der Waals surface area contributed by atoms with Crippen molar-refractivity contribution in [2.75, 3.05) is 0 Å². The first-order chi connectivity index (χ1) is 25.8. The van der Waals surface area contributed by atoms with Crippen LogP contribution in [0.25, 0.3) is 99.8 Å². The lowest BCUT2D eigenvalue weighted by molar-refractivity contribution is 1.23. The lowest BCUT2D eigenvalue weighted by Gasteiger charge is -2.15. The summed E-state index contributed by atoms with van der Waals surface area (Å²) in [5.74, 6) is 0.706. The van der Waals surface area contributed by atoms with E-state index in [0.717, 1.165) is 93.9 Å². The van der Waals surface area contributed by atoms with Gasteiger partial charge in [0.2, 0.25) is 0 Å². The van der Waals surface area contributed by atoms with Crippen LogP contribution in [0.15, 0.2) is 182 Å². The van der Waals surface area contributed by atoms with Crippen LogP contribution in [0.5, 0.6) is 0 Å². The normalized spacial score (nSPS) is 11.5. The molecule has 0 saturated carbocycles. The van der Waals surface area contributed by atoms with Crippen LogP contribution < -0.4 is 0 Å². The second kappa shape index (κ2) is 12.4. The fraction of sp³-hybridized carbons (Fsp3) is 0. The number of aromatic nitrogens is 4. The van der Waals surface area contributed by atoms with Gasteiger partial charge in [-0.1, -0.05) is 170 Å². The molecule has 0 atom stereocenters. The van der Waals surface area contributed by atoms with Crippen LogP contribution in [0, 0.1) is 0 Å². The van der Waals surface area contributed by atoms with Crippen LogP contribution in [0.2, 0.25) is 0 Å². The average Bonchev–Trinajstić information content (AvgIpc) is 3.23. The molecule has 0 N–H and O–H groups in total. The largest absolute Gasteiger partial charge is 0.245 e. The summed E-state index contributed by atoms with van der Waals surface area (Å²) in [6.45, 7) is 0. The number of pyridine rings is 2. The van der Waals surface area contributed by atoms with Gasteiger partial charge < -0.3 is 0 Å². The smallest absolute Gasteiger partial charge is 0.160 e. The first-order valence-electron chi connectivity index (χ1n) is 17.5. The molecule has 0 fully saturated rings. The minimum atomic E-state index is 0.706. The summed E-state index contributed by atoms with van der Waals surface area (Å²) >= 11 is 0. The van der Waals surface area contributed by atoms with Crippen LogP contribution in [0.1, 0.15) is 0 Å². The molecule has 7 aromatic carbocycles. The predicted molar refractivity (Wildman–Crippen MR) is 215 cm³/mol. The molecular weight excluding hydrogens is 633 g/mol. The van der Waals surface area contributed by atoms with Crippen molar-refractivity contribution in [2.45, 2.75) is 0 Å². The second-order valence-corrected chi connectivity index (χ2v) is 13.0. The van der Waals surface area contributed by atoms with E-state index in [0.29, 0.717) is 5.82 Å². The molecule has 0 bridgehead atoms. The maximum Gasteiger partial charge on any atom is 0.160 e. The number of rotatable bonds is 5. The van der Waals surface area contributed by atoms with Crippen molar-refractivity contribution < 1.29 is 0 Å². The number of benzene rings is 7. The first kappa shape index (κ1) is 29.8. The molecule has 4 nitrogen and oxygen atoms in total. The van der Waals surface area contributed by atoms with Gasteiger partial charge in [0.15, 0.2) is 5.82 Å². The monoisotopic (exact) mass is 662 g/mol. The third kappa shape index (κ3) is 5.09. The lowest BCUT2D eigenvalue weighted by atomic mass is 9.92. The SMILES string of the molecule is c1ccc(-c2ccc3ccc4ccc(-c5cccc6c(-c7cccc8c(-c9ccccc9)nc(-c9ccccc9)nc78)cccc56)nc4c3n2)cc1. The molecule has 0 aliphatic carbocycles. The molecule has 3 aromatic heterocycles. The number of nitrogens with zero attached hydrogens (tertiary/aromatic N) is 4. The maximum absolute atomic E-state index is 5.32. The Labute approximate surface area is 300 Å². The third-order valence-electron chi connectivity index (χ3n) is 9.88. The molecule has 3 heterocycles. The Balaban J connectivity index is 1.17. The van der Waals surface area contributed by atoms with E-state index in [4.69, 9.17) is 19.9 Å². The molecule has 10 aromatic rings. The van der Waals surface area contributed by atoms with E-state index in [1.54, 1.807) is 0 Å². The zero-order chi connectivity index (χ0) is 34.4. The number of hydrogen-bond acceptors (Lipinski definition) is 4. The van der Waals surface area contributed by atoms with Gasteiger partial charge in [-0.3, -0.25) is 0 Å². The van der Waals surface area contributed by atoms with Gasteiger partial charge in [-0.15, -0.1) is 0 Å². The van der Waals surface area contributed by atoms with Crippen LogP contribution in [-0.4, -0.2) is 19.9 Å². The van der Waals surface area contributed by atoms with E-state index in [2.05, 4.69) is 140 Å². The van der Waals surface area contributed by atoms with Crippen molar-refractivity contribution in [3.05, 3.63) is 182 Å². The van der Waals surface area contributed by atoms with Gasteiger partial charge in [0.1, 0.15) is 0 Å². The zero-order valence-corrected chi connectivity index (χ0v) is 28.1. The Kier molecular flexibility index (Phi) is 7.10. The first-order valence-corrected chi connectivity index (χ1v) is 17.5. The molecule has 0 aliphatic rings. The molecule has 4 heteroatoms. The number of para-hydroxylation sites is 1. The molecule has 0 saturated heterocycles. The molecular formula is C48H30N4. The van der Waals surface area contributed by atoms with Crippen LogP contribution in [0.4, 0.5) is 0 Å². The Morgan fingerprint density at radius 3 is 1.44 bits per heavy atom. The fourth-order valence-electron chi connectivity index (χ4n) is 7.36. The quantitative estimate of drug-likeness (QED) is 0.172. The summed E-state index contributed by atoms with van der Waals surface area (Å²) < 4.78 is 0. The molecule has 10 rings (SSSR count). The van der Waals surface area contributed by atoms with E-state index in [1.165, 1.54) is 0 Å². The minimum Gasteiger partial charge on any atom is -0.245 e. The molecule has 0 radical (unpaired) electrons. The van der Waals surface area contributed by atoms with Gasteiger partial charge in [-0.25, -0.2) is 19.9 Å². The Morgan fingerprint density at radius 1 is 0.269 bits per heavy atom. The lowest BCUT2D eigenvalue weighted by Crippen LogP contribution is -1.97. The van der Waals surface area contributed by atoms with Gasteiger partial charge >= 0.3 is 0 Å². The third-order valence-corrected chi connectivity index (χ3v) is 9.88. The molecule has 0 unspecified atom stereocenters. The Bertz CT molecular complexity index is 2940. The van der Waals surface area contributed by atoms with Gasteiger partial charge in [0.05, 0.1) is 33.6 Å². The van der Waals surface area contributed by atoms with Crippen LogP contribution in [-0.2, 0) is 0 Å². The summed E-state index contributed by atoms with van der Waals surface area (Å²) in [5.41, 5.74) is 11.9. The maximum atomic E-state index is 5.32. The highest BCUT2D eigenvalue weighted by molar-refractivity contribution is 6.11. The van der Waals surface area contributed by atoms with Crippen molar-refractivity contribution in [3.63, 3.8) is 0 Å². The van der Waals surface area contributed by atoms with Crippen LogP contribution >= 0.6 is 0 Å². The summed E-state index contributed by atoms with van der Waals surface area (Å²) in [5, 5.41) is 5.41. The van der Waals surface area contributed by atoms with Gasteiger partial charge in [0, 0.05) is 44.0 Å². The Morgan fingerprint density at radius 2 is 0.769 bits per heavy atom. The standard InChI is InChI=1S/C48H30N4/c1-4-13-31(14-5-1)42-29-27-33-25-26-34-28-30-43(50-46(34)45(33)49-42)39-22-11-19-36-37(39)20-10-21-38(36)40-23-12-24-41-44(32-15-6-2-7-16-32)51-48(52-47(40)41)35-17-8-3-9-18-35/h1-30H. The summed E-state index contributed by atoms with van der Waals surface area (Å²) in [4.78, 5) is 20.8. The predicted octanol–water partition coefficient (Wildman–Crippen LogP) is 12.2. The number of fused-ring (bicyclic) bond motifs is 5. The molecule has 242 valence electrons. The number of hydrogen-bond donors (Lipinski definition) is 0. The van der Waals surface area contributed by atoms with Crippen molar-refractivity contribution in [1.29, 1.82) is 0 Å². The highest BCUT2D eigenvalue weighted by Crippen LogP contribution is 2.40. The van der Waals surface area contributed by atoms with E-state index in [1.807, 2.05) is 42.5 Å².